The maximum absolute atomic E-state index is 12.1. The molecule has 0 heterocycles. The van der Waals surface area contributed by atoms with Gasteiger partial charge in [-0.05, 0) is 37.5 Å². The summed E-state index contributed by atoms with van der Waals surface area (Å²) < 4.78 is 0. The summed E-state index contributed by atoms with van der Waals surface area (Å²) in [7, 11) is 0. The predicted octanol–water partition coefficient (Wildman–Crippen LogP) is 2.84. The van der Waals surface area contributed by atoms with Crippen LogP contribution in [0.25, 0.3) is 0 Å². The second-order valence-corrected chi connectivity index (χ2v) is 6.52. The minimum atomic E-state index is 0.0234. The Kier molecular flexibility index (Phi) is 7.89. The Balaban J connectivity index is 1.81. The highest BCUT2D eigenvalue weighted by Crippen LogP contribution is 2.17. The molecular weight excluding hydrogens is 324 g/mol. The van der Waals surface area contributed by atoms with E-state index in [2.05, 4.69) is 20.9 Å². The number of halogens is 1. The lowest BCUT2D eigenvalue weighted by Crippen LogP contribution is -2.46. The van der Waals surface area contributed by atoms with Crippen LogP contribution in [0.4, 0.5) is 0 Å². The van der Waals surface area contributed by atoms with E-state index >= 15 is 0 Å². The molecule has 0 saturated heterocycles. The van der Waals surface area contributed by atoms with Crippen molar-refractivity contribution in [2.45, 2.75) is 51.6 Å². The zero-order valence-corrected chi connectivity index (χ0v) is 15.0. The summed E-state index contributed by atoms with van der Waals surface area (Å²) in [4.78, 5) is 16.6. The lowest BCUT2D eigenvalue weighted by molar-refractivity contribution is -0.120. The number of nitrogens with zero attached hydrogens (tertiary/aromatic N) is 1. The number of carbonyl (C=O) groups excluding carboxylic acids is 1. The van der Waals surface area contributed by atoms with Crippen molar-refractivity contribution in [1.29, 1.82) is 0 Å². The first-order chi connectivity index (χ1) is 11.7. The van der Waals surface area contributed by atoms with Gasteiger partial charge in [0.05, 0.1) is 13.1 Å². The Morgan fingerprint density at radius 1 is 1.25 bits per heavy atom. The zero-order chi connectivity index (χ0) is 17.2. The molecule has 0 spiro atoms. The molecule has 132 valence electrons. The van der Waals surface area contributed by atoms with Crippen LogP contribution >= 0.6 is 11.6 Å². The smallest absolute Gasteiger partial charge is 0.239 e. The minimum absolute atomic E-state index is 0.0234. The molecular formula is C18H27ClN4O. The molecule has 24 heavy (non-hydrogen) atoms. The number of amides is 1. The topological polar surface area (TPSA) is 65.5 Å². The molecule has 1 fully saturated rings. The number of benzene rings is 1. The minimum Gasteiger partial charge on any atom is -0.357 e. The van der Waals surface area contributed by atoms with E-state index in [0.29, 0.717) is 23.6 Å². The number of carbonyl (C=O) groups is 1. The highest BCUT2D eigenvalue weighted by atomic mass is 35.5. The van der Waals surface area contributed by atoms with Crippen LogP contribution in [0.3, 0.4) is 0 Å². The molecule has 0 atom stereocenters. The van der Waals surface area contributed by atoms with Gasteiger partial charge in [-0.15, -0.1) is 0 Å². The summed E-state index contributed by atoms with van der Waals surface area (Å²) in [5.41, 5.74) is 1.03. The van der Waals surface area contributed by atoms with Gasteiger partial charge in [0, 0.05) is 17.6 Å². The third-order valence-corrected chi connectivity index (χ3v) is 4.27. The molecule has 3 N–H and O–H groups in total. The lowest BCUT2D eigenvalue weighted by atomic mass is 9.95. The van der Waals surface area contributed by atoms with Crippen LogP contribution in [0.2, 0.25) is 5.02 Å². The van der Waals surface area contributed by atoms with Gasteiger partial charge < -0.3 is 16.0 Å². The maximum atomic E-state index is 12.1. The predicted molar refractivity (Wildman–Crippen MR) is 99.3 cm³/mol. The largest absolute Gasteiger partial charge is 0.357 e. The summed E-state index contributed by atoms with van der Waals surface area (Å²) in [6.45, 7) is 3.49. The lowest BCUT2D eigenvalue weighted by Gasteiger charge is -2.23. The Morgan fingerprint density at radius 3 is 2.75 bits per heavy atom. The molecule has 0 aromatic heterocycles. The monoisotopic (exact) mass is 350 g/mol. The van der Waals surface area contributed by atoms with E-state index in [4.69, 9.17) is 11.6 Å². The van der Waals surface area contributed by atoms with Crippen molar-refractivity contribution < 1.29 is 4.79 Å². The second kappa shape index (κ2) is 10.2. The van der Waals surface area contributed by atoms with Crippen LogP contribution in [0, 0.1) is 0 Å². The first kappa shape index (κ1) is 18.6. The molecule has 0 radical (unpaired) electrons. The van der Waals surface area contributed by atoms with Crippen LogP contribution in [0.1, 0.15) is 44.6 Å². The molecule has 2 rings (SSSR count). The first-order valence-electron chi connectivity index (χ1n) is 8.73. The molecule has 6 heteroatoms. The molecule has 1 aromatic carbocycles. The SMILES string of the molecule is CCNC(=NCc1cccc(Cl)c1)NCC(=O)NC1CCCCC1. The van der Waals surface area contributed by atoms with Crippen molar-refractivity contribution in [3.8, 4) is 0 Å². The standard InChI is InChI=1S/C18H27ClN4O/c1-2-20-18(21-12-14-7-6-8-15(19)11-14)22-13-17(24)23-16-9-4-3-5-10-16/h6-8,11,16H,2-5,9-10,12-13H2,1H3,(H,23,24)(H2,20,21,22). The van der Waals surface area contributed by atoms with Crippen molar-refractivity contribution in [2.75, 3.05) is 13.1 Å². The Labute approximate surface area is 149 Å². The summed E-state index contributed by atoms with van der Waals surface area (Å²) in [5, 5.41) is 10.0. The van der Waals surface area contributed by atoms with Crippen molar-refractivity contribution in [1.82, 2.24) is 16.0 Å². The average Bonchev–Trinajstić information content (AvgIpc) is 2.58. The number of nitrogens with one attached hydrogen (secondary N) is 3. The maximum Gasteiger partial charge on any atom is 0.239 e. The van der Waals surface area contributed by atoms with Crippen LogP contribution in [-0.2, 0) is 11.3 Å². The number of aliphatic imine (C=N–C) groups is 1. The average molecular weight is 351 g/mol. The van der Waals surface area contributed by atoms with Crippen LogP contribution in [0.15, 0.2) is 29.3 Å². The first-order valence-corrected chi connectivity index (χ1v) is 9.11. The molecule has 0 unspecified atom stereocenters. The third kappa shape index (κ3) is 6.79. The number of guanidine groups is 1. The summed E-state index contributed by atoms with van der Waals surface area (Å²) in [6, 6.07) is 7.96. The molecule has 5 nitrogen and oxygen atoms in total. The molecule has 1 aromatic rings. The van der Waals surface area contributed by atoms with Crippen LogP contribution in [-0.4, -0.2) is 31.0 Å². The normalized spacial score (nSPS) is 15.8. The van der Waals surface area contributed by atoms with Crippen molar-refractivity contribution >= 4 is 23.5 Å². The second-order valence-electron chi connectivity index (χ2n) is 6.08. The highest BCUT2D eigenvalue weighted by Gasteiger charge is 2.15. The number of hydrogen-bond donors (Lipinski definition) is 3. The molecule has 1 amide bonds. The summed E-state index contributed by atoms with van der Waals surface area (Å²) in [5.74, 6) is 0.659. The van der Waals surface area contributed by atoms with Crippen LogP contribution < -0.4 is 16.0 Å². The van der Waals surface area contributed by atoms with Gasteiger partial charge in [0.15, 0.2) is 5.96 Å². The number of hydrogen-bond acceptors (Lipinski definition) is 2. The van der Waals surface area contributed by atoms with E-state index in [-0.39, 0.29) is 12.5 Å². The van der Waals surface area contributed by atoms with E-state index < -0.39 is 0 Å². The van der Waals surface area contributed by atoms with Crippen molar-refractivity contribution in [2.24, 2.45) is 4.99 Å². The van der Waals surface area contributed by atoms with E-state index in [1.807, 2.05) is 31.2 Å². The number of rotatable bonds is 6. The fraction of sp³-hybridized carbons (Fsp3) is 0.556. The van der Waals surface area contributed by atoms with Crippen molar-refractivity contribution in [3.05, 3.63) is 34.9 Å². The fourth-order valence-electron chi connectivity index (χ4n) is 2.84. The molecule has 1 saturated carbocycles. The summed E-state index contributed by atoms with van der Waals surface area (Å²) >= 11 is 5.98. The van der Waals surface area contributed by atoms with Crippen molar-refractivity contribution in [3.63, 3.8) is 0 Å². The van der Waals surface area contributed by atoms with E-state index in [9.17, 15) is 4.79 Å². The van der Waals surface area contributed by atoms with Gasteiger partial charge in [-0.25, -0.2) is 4.99 Å². The molecule has 1 aliphatic carbocycles. The summed E-state index contributed by atoms with van der Waals surface area (Å²) in [6.07, 6.45) is 5.89. The third-order valence-electron chi connectivity index (χ3n) is 4.04. The van der Waals surface area contributed by atoms with Gasteiger partial charge in [-0.3, -0.25) is 4.79 Å². The Hall–Kier alpha value is -1.75. The Morgan fingerprint density at radius 2 is 2.04 bits per heavy atom. The van der Waals surface area contributed by atoms with E-state index in [1.165, 1.54) is 19.3 Å². The fourth-order valence-corrected chi connectivity index (χ4v) is 3.05. The van der Waals surface area contributed by atoms with Gasteiger partial charge in [0.2, 0.25) is 5.91 Å². The highest BCUT2D eigenvalue weighted by molar-refractivity contribution is 6.30. The van der Waals surface area contributed by atoms with Crippen LogP contribution in [0.5, 0.6) is 0 Å². The van der Waals surface area contributed by atoms with Gasteiger partial charge in [-0.2, -0.15) is 0 Å². The van der Waals surface area contributed by atoms with Gasteiger partial charge in [0.25, 0.3) is 0 Å². The van der Waals surface area contributed by atoms with Gasteiger partial charge >= 0.3 is 0 Å². The van der Waals surface area contributed by atoms with Gasteiger partial charge in [-0.1, -0.05) is 43.0 Å². The van der Waals surface area contributed by atoms with E-state index in [0.717, 1.165) is 24.9 Å². The molecule has 0 aliphatic heterocycles. The quantitative estimate of drug-likeness (QED) is 0.546. The molecule has 0 bridgehead atoms. The molecule has 1 aliphatic rings. The van der Waals surface area contributed by atoms with E-state index in [1.54, 1.807) is 0 Å². The van der Waals surface area contributed by atoms with Gasteiger partial charge in [0.1, 0.15) is 0 Å². The Bertz CT molecular complexity index is 556. The zero-order valence-electron chi connectivity index (χ0n) is 14.3.